The molecule has 0 aliphatic carbocycles. The molecule has 0 radical (unpaired) electrons. The van der Waals surface area contributed by atoms with Gasteiger partial charge in [-0.15, -0.1) is 0 Å². The van der Waals surface area contributed by atoms with E-state index in [2.05, 4.69) is 51.4 Å². The van der Waals surface area contributed by atoms with Gasteiger partial charge in [0.1, 0.15) is 0 Å². The van der Waals surface area contributed by atoms with Gasteiger partial charge in [-0.1, -0.05) is 22.0 Å². The maximum atomic E-state index is 3.53. The summed E-state index contributed by atoms with van der Waals surface area (Å²) < 4.78 is 1.14. The lowest BCUT2D eigenvalue weighted by Gasteiger charge is -2.22. The Bertz CT molecular complexity index is 553. The molecule has 96 valence electrons. The first kappa shape index (κ1) is 12.2. The summed E-state index contributed by atoms with van der Waals surface area (Å²) in [7, 11) is 0. The van der Waals surface area contributed by atoms with E-state index in [-0.39, 0.29) is 0 Å². The molecule has 0 amide bonds. The number of halogens is 1. The Kier molecular flexibility index (Phi) is 3.44. The zero-order valence-electron chi connectivity index (χ0n) is 10.7. The van der Waals surface area contributed by atoms with Crippen molar-refractivity contribution in [3.8, 4) is 0 Å². The molecule has 2 nitrogen and oxygen atoms in total. The number of rotatable bonds is 2. The van der Waals surface area contributed by atoms with Crippen LogP contribution in [0.5, 0.6) is 0 Å². The van der Waals surface area contributed by atoms with E-state index in [1.807, 2.05) is 0 Å². The Labute approximate surface area is 116 Å². The zero-order valence-corrected chi connectivity index (χ0v) is 12.3. The summed E-state index contributed by atoms with van der Waals surface area (Å²) in [4.78, 5) is 3.51. The van der Waals surface area contributed by atoms with E-state index in [4.69, 9.17) is 0 Å². The van der Waals surface area contributed by atoms with Gasteiger partial charge in [-0.3, -0.25) is 0 Å². The number of benzene rings is 1. The molecule has 3 rings (SSSR count). The second-order valence-electron chi connectivity index (χ2n) is 5.33. The maximum Gasteiger partial charge on any atom is 0.0470 e. The lowest BCUT2D eigenvalue weighted by molar-refractivity contribution is 0.376. The van der Waals surface area contributed by atoms with Crippen molar-refractivity contribution in [3.63, 3.8) is 0 Å². The Hall–Kier alpha value is -0.800. The highest BCUT2D eigenvalue weighted by Gasteiger charge is 2.17. The van der Waals surface area contributed by atoms with Crippen LogP contribution in [0.25, 0.3) is 10.9 Å². The smallest absolute Gasteiger partial charge is 0.0470 e. The molecule has 1 aliphatic heterocycles. The summed E-state index contributed by atoms with van der Waals surface area (Å²) >= 11 is 3.53. The lowest BCUT2D eigenvalue weighted by Crippen LogP contribution is -2.30. The van der Waals surface area contributed by atoms with E-state index in [9.17, 15) is 0 Å². The van der Waals surface area contributed by atoms with Crippen LogP contribution in [-0.2, 0) is 6.42 Å². The van der Waals surface area contributed by atoms with Gasteiger partial charge >= 0.3 is 0 Å². The second kappa shape index (κ2) is 5.06. The first-order chi connectivity index (χ1) is 8.74. The summed E-state index contributed by atoms with van der Waals surface area (Å²) in [5.74, 6) is 0.792. The van der Waals surface area contributed by atoms with Gasteiger partial charge in [0.2, 0.25) is 0 Å². The number of aromatic nitrogens is 1. The number of hydrogen-bond donors (Lipinski definition) is 2. The van der Waals surface area contributed by atoms with Gasteiger partial charge in [-0.05, 0) is 62.9 Å². The largest absolute Gasteiger partial charge is 0.358 e. The predicted molar refractivity (Wildman–Crippen MR) is 80.0 cm³/mol. The third-order valence-electron chi connectivity index (χ3n) is 3.97. The molecule has 1 atom stereocenters. The molecule has 1 aromatic heterocycles. The van der Waals surface area contributed by atoms with E-state index in [0.717, 1.165) is 10.4 Å². The van der Waals surface area contributed by atoms with Crippen molar-refractivity contribution < 1.29 is 0 Å². The van der Waals surface area contributed by atoms with Gasteiger partial charge in [0.25, 0.3) is 0 Å². The summed E-state index contributed by atoms with van der Waals surface area (Å²) in [6.45, 7) is 4.55. The number of hydrogen-bond acceptors (Lipinski definition) is 1. The van der Waals surface area contributed by atoms with Crippen LogP contribution in [0.3, 0.4) is 0 Å². The quantitative estimate of drug-likeness (QED) is 0.868. The van der Waals surface area contributed by atoms with E-state index >= 15 is 0 Å². The average molecular weight is 307 g/mol. The minimum absolute atomic E-state index is 0.792. The molecule has 1 fully saturated rings. The van der Waals surface area contributed by atoms with Crippen LogP contribution in [0.15, 0.2) is 22.7 Å². The summed E-state index contributed by atoms with van der Waals surface area (Å²) in [6, 6.07) is 6.54. The lowest BCUT2D eigenvalue weighted by atomic mass is 9.91. The molecule has 0 saturated carbocycles. The van der Waals surface area contributed by atoms with Crippen LogP contribution in [0.1, 0.15) is 24.1 Å². The molecular weight excluding hydrogens is 288 g/mol. The van der Waals surface area contributed by atoms with Crippen molar-refractivity contribution in [1.29, 1.82) is 0 Å². The Morgan fingerprint density at radius 3 is 3.06 bits per heavy atom. The number of aryl methyl sites for hydroxylation is 1. The van der Waals surface area contributed by atoms with Crippen LogP contribution < -0.4 is 5.32 Å². The van der Waals surface area contributed by atoms with Crippen molar-refractivity contribution in [1.82, 2.24) is 10.3 Å². The SMILES string of the molecule is Cc1[nH]c2cc(Br)ccc2c1CC1CCCNC1. The number of H-pyrrole nitrogens is 1. The van der Waals surface area contributed by atoms with Gasteiger partial charge in [0, 0.05) is 21.1 Å². The van der Waals surface area contributed by atoms with E-state index in [0.29, 0.717) is 0 Å². The standard InChI is InChI=1S/C15H19BrN2/c1-10-14(7-11-3-2-6-17-9-11)13-5-4-12(16)8-15(13)18-10/h4-5,8,11,17-18H,2-3,6-7,9H2,1H3. The number of piperidine rings is 1. The minimum Gasteiger partial charge on any atom is -0.358 e. The Morgan fingerprint density at radius 2 is 2.28 bits per heavy atom. The molecule has 18 heavy (non-hydrogen) atoms. The Morgan fingerprint density at radius 1 is 1.39 bits per heavy atom. The molecule has 2 aromatic rings. The second-order valence-corrected chi connectivity index (χ2v) is 6.25. The number of nitrogens with one attached hydrogen (secondary N) is 2. The molecule has 1 aliphatic rings. The molecular formula is C15H19BrN2. The first-order valence-electron chi connectivity index (χ1n) is 6.71. The van der Waals surface area contributed by atoms with Crippen molar-refractivity contribution >= 4 is 26.8 Å². The van der Waals surface area contributed by atoms with Crippen molar-refractivity contribution in [2.24, 2.45) is 5.92 Å². The van der Waals surface area contributed by atoms with E-state index in [1.54, 1.807) is 0 Å². The summed E-state index contributed by atoms with van der Waals surface area (Å²) in [5.41, 5.74) is 4.08. The number of fused-ring (bicyclic) bond motifs is 1. The third-order valence-corrected chi connectivity index (χ3v) is 4.47. The normalized spacial score (nSPS) is 20.4. The highest BCUT2D eigenvalue weighted by Crippen LogP contribution is 2.28. The summed E-state index contributed by atoms with van der Waals surface area (Å²) in [6.07, 6.45) is 3.87. The van der Waals surface area contributed by atoms with Gasteiger partial charge in [0.05, 0.1) is 0 Å². The van der Waals surface area contributed by atoms with Crippen LogP contribution in [-0.4, -0.2) is 18.1 Å². The van der Waals surface area contributed by atoms with Gasteiger partial charge in [-0.2, -0.15) is 0 Å². The molecule has 3 heteroatoms. The van der Waals surface area contributed by atoms with Crippen LogP contribution >= 0.6 is 15.9 Å². The fourth-order valence-electron chi connectivity index (χ4n) is 3.01. The minimum atomic E-state index is 0.792. The predicted octanol–water partition coefficient (Wildman–Crippen LogP) is 3.78. The van der Waals surface area contributed by atoms with Crippen LogP contribution in [0, 0.1) is 12.8 Å². The summed E-state index contributed by atoms with van der Waals surface area (Å²) in [5, 5.41) is 4.90. The topological polar surface area (TPSA) is 27.8 Å². The fourth-order valence-corrected chi connectivity index (χ4v) is 3.37. The van der Waals surface area contributed by atoms with Crippen molar-refractivity contribution in [3.05, 3.63) is 33.9 Å². The number of aromatic amines is 1. The maximum absolute atomic E-state index is 3.53. The van der Waals surface area contributed by atoms with Crippen LogP contribution in [0.4, 0.5) is 0 Å². The van der Waals surface area contributed by atoms with Crippen molar-refractivity contribution in [2.45, 2.75) is 26.2 Å². The van der Waals surface area contributed by atoms with E-state index in [1.165, 1.54) is 54.5 Å². The first-order valence-corrected chi connectivity index (χ1v) is 7.51. The highest BCUT2D eigenvalue weighted by atomic mass is 79.9. The molecule has 0 bridgehead atoms. The van der Waals surface area contributed by atoms with E-state index < -0.39 is 0 Å². The Balaban J connectivity index is 1.92. The molecule has 1 unspecified atom stereocenters. The van der Waals surface area contributed by atoms with Gasteiger partial charge in [-0.25, -0.2) is 0 Å². The zero-order chi connectivity index (χ0) is 12.5. The third kappa shape index (κ3) is 2.34. The molecule has 1 aromatic carbocycles. The van der Waals surface area contributed by atoms with Crippen LogP contribution in [0.2, 0.25) is 0 Å². The molecule has 2 heterocycles. The highest BCUT2D eigenvalue weighted by molar-refractivity contribution is 9.10. The van der Waals surface area contributed by atoms with Gasteiger partial charge < -0.3 is 10.3 Å². The van der Waals surface area contributed by atoms with Crippen molar-refractivity contribution in [2.75, 3.05) is 13.1 Å². The average Bonchev–Trinajstić information content (AvgIpc) is 2.66. The fraction of sp³-hybridized carbons (Fsp3) is 0.467. The molecule has 2 N–H and O–H groups in total. The van der Waals surface area contributed by atoms with Gasteiger partial charge in [0.15, 0.2) is 0 Å². The molecule has 0 spiro atoms. The monoisotopic (exact) mass is 306 g/mol. The molecule has 1 saturated heterocycles.